The molecule has 0 saturated carbocycles. The van der Waals surface area contributed by atoms with Gasteiger partial charge in [0.1, 0.15) is 0 Å². The molecule has 1 aliphatic rings. The predicted molar refractivity (Wildman–Crippen MR) is 72.8 cm³/mol. The monoisotopic (exact) mass is 233 g/mol. The number of hydrogen-bond donors (Lipinski definition) is 1. The van der Waals surface area contributed by atoms with E-state index >= 15 is 0 Å². The highest BCUT2D eigenvalue weighted by Gasteiger charge is 2.26. The number of nitrogens with zero attached hydrogens (tertiary/aromatic N) is 2. The third kappa shape index (κ3) is 2.99. The van der Waals surface area contributed by atoms with Gasteiger partial charge in [-0.3, -0.25) is 9.80 Å². The van der Waals surface area contributed by atoms with Crippen LogP contribution in [0.3, 0.4) is 0 Å². The maximum absolute atomic E-state index is 5.81. The van der Waals surface area contributed by atoms with Crippen LogP contribution in [0.25, 0.3) is 0 Å². The summed E-state index contributed by atoms with van der Waals surface area (Å²) in [5, 5.41) is 0. The van der Waals surface area contributed by atoms with E-state index in [2.05, 4.69) is 42.8 Å². The highest BCUT2D eigenvalue weighted by molar-refractivity contribution is 5.40. The van der Waals surface area contributed by atoms with Crippen molar-refractivity contribution in [2.24, 2.45) is 0 Å². The summed E-state index contributed by atoms with van der Waals surface area (Å²) in [6.07, 6.45) is 0. The average Bonchev–Trinajstić information content (AvgIpc) is 2.26. The van der Waals surface area contributed by atoms with Crippen molar-refractivity contribution >= 4 is 5.69 Å². The molecule has 2 N–H and O–H groups in total. The summed E-state index contributed by atoms with van der Waals surface area (Å²) in [5.41, 5.74) is 7.99. The van der Waals surface area contributed by atoms with Gasteiger partial charge in [-0.25, -0.2) is 0 Å². The smallest absolute Gasteiger partial charge is 0.0317 e. The Hall–Kier alpha value is -1.06. The van der Waals surface area contributed by atoms with E-state index in [1.54, 1.807) is 0 Å². The number of nitrogens with two attached hydrogens (primary N) is 1. The number of anilines is 1. The van der Waals surface area contributed by atoms with Crippen LogP contribution in [-0.2, 0) is 6.54 Å². The van der Waals surface area contributed by atoms with Crippen LogP contribution in [0, 0.1) is 0 Å². The zero-order valence-corrected chi connectivity index (χ0v) is 11.1. The Morgan fingerprint density at radius 1 is 1.24 bits per heavy atom. The van der Waals surface area contributed by atoms with Gasteiger partial charge >= 0.3 is 0 Å². The summed E-state index contributed by atoms with van der Waals surface area (Å²) in [4.78, 5) is 4.97. The van der Waals surface area contributed by atoms with Crippen molar-refractivity contribution < 1.29 is 0 Å². The number of rotatable bonds is 2. The van der Waals surface area contributed by atoms with Gasteiger partial charge < -0.3 is 5.73 Å². The van der Waals surface area contributed by atoms with Gasteiger partial charge in [0.25, 0.3) is 0 Å². The molecule has 0 bridgehead atoms. The lowest BCUT2D eigenvalue weighted by Crippen LogP contribution is -2.54. The Morgan fingerprint density at radius 2 is 1.88 bits per heavy atom. The molecule has 1 aliphatic heterocycles. The van der Waals surface area contributed by atoms with Gasteiger partial charge in [0.05, 0.1) is 0 Å². The zero-order chi connectivity index (χ0) is 12.4. The standard InChI is InChI=1S/C14H23N3/c1-11-8-17(9-12(2)16(11)3)10-13-5-4-6-14(15)7-13/h4-7,11-12H,8-10,15H2,1-3H3. The molecular weight excluding hydrogens is 210 g/mol. The van der Waals surface area contributed by atoms with Gasteiger partial charge in [-0.1, -0.05) is 12.1 Å². The van der Waals surface area contributed by atoms with Gasteiger partial charge in [-0.2, -0.15) is 0 Å². The molecule has 0 spiro atoms. The van der Waals surface area contributed by atoms with Crippen molar-refractivity contribution in [3.05, 3.63) is 29.8 Å². The largest absolute Gasteiger partial charge is 0.399 e. The van der Waals surface area contributed by atoms with E-state index in [1.807, 2.05) is 12.1 Å². The van der Waals surface area contributed by atoms with Crippen molar-refractivity contribution in [1.29, 1.82) is 0 Å². The van der Waals surface area contributed by atoms with Crippen molar-refractivity contribution in [1.82, 2.24) is 9.80 Å². The SMILES string of the molecule is CC1CN(Cc2cccc(N)c2)CC(C)N1C. The third-order valence-corrected chi connectivity index (χ3v) is 3.79. The number of nitrogen functional groups attached to an aromatic ring is 1. The molecule has 1 heterocycles. The second-order valence-corrected chi connectivity index (χ2v) is 5.30. The number of benzene rings is 1. The molecule has 0 aliphatic carbocycles. The summed E-state index contributed by atoms with van der Waals surface area (Å²) in [6.45, 7) is 7.86. The van der Waals surface area contributed by atoms with Crippen LogP contribution < -0.4 is 5.73 Å². The molecule has 1 aromatic rings. The van der Waals surface area contributed by atoms with E-state index < -0.39 is 0 Å². The van der Waals surface area contributed by atoms with Gasteiger partial charge in [0.15, 0.2) is 0 Å². The fourth-order valence-electron chi connectivity index (χ4n) is 2.59. The molecule has 3 nitrogen and oxygen atoms in total. The lowest BCUT2D eigenvalue weighted by molar-refractivity contribution is 0.0556. The summed E-state index contributed by atoms with van der Waals surface area (Å²) < 4.78 is 0. The van der Waals surface area contributed by atoms with E-state index in [0.29, 0.717) is 12.1 Å². The van der Waals surface area contributed by atoms with E-state index in [9.17, 15) is 0 Å². The van der Waals surface area contributed by atoms with Crippen LogP contribution >= 0.6 is 0 Å². The third-order valence-electron chi connectivity index (χ3n) is 3.79. The molecule has 3 heteroatoms. The molecule has 94 valence electrons. The Morgan fingerprint density at radius 3 is 2.47 bits per heavy atom. The van der Waals surface area contributed by atoms with E-state index in [1.165, 1.54) is 5.56 Å². The minimum Gasteiger partial charge on any atom is -0.399 e. The van der Waals surface area contributed by atoms with Crippen LogP contribution in [0.15, 0.2) is 24.3 Å². The minimum atomic E-state index is 0.625. The zero-order valence-electron chi connectivity index (χ0n) is 11.1. The van der Waals surface area contributed by atoms with Gasteiger partial charge in [-0.15, -0.1) is 0 Å². The average molecular weight is 233 g/mol. The Bertz CT molecular complexity index is 365. The van der Waals surface area contributed by atoms with Crippen LogP contribution in [0.2, 0.25) is 0 Å². The molecular formula is C14H23N3. The molecule has 1 aromatic carbocycles. The molecule has 0 aromatic heterocycles. The Balaban J connectivity index is 2.00. The quantitative estimate of drug-likeness (QED) is 0.791. The van der Waals surface area contributed by atoms with Crippen molar-refractivity contribution in [2.75, 3.05) is 25.9 Å². The fraction of sp³-hybridized carbons (Fsp3) is 0.571. The predicted octanol–water partition coefficient (Wildman–Crippen LogP) is 1.79. The van der Waals surface area contributed by atoms with Gasteiger partial charge in [0, 0.05) is 37.4 Å². The molecule has 2 unspecified atom stereocenters. The molecule has 17 heavy (non-hydrogen) atoms. The maximum Gasteiger partial charge on any atom is 0.0317 e. The molecule has 2 rings (SSSR count). The Kier molecular flexibility index (Phi) is 3.69. The lowest BCUT2D eigenvalue weighted by atomic mass is 10.1. The highest BCUT2D eigenvalue weighted by Crippen LogP contribution is 2.16. The number of piperazine rings is 1. The van der Waals surface area contributed by atoms with Crippen LogP contribution in [-0.4, -0.2) is 42.0 Å². The van der Waals surface area contributed by atoms with Crippen molar-refractivity contribution in [3.63, 3.8) is 0 Å². The highest BCUT2D eigenvalue weighted by atomic mass is 15.3. The number of hydrogen-bond acceptors (Lipinski definition) is 3. The second kappa shape index (κ2) is 5.07. The number of likely N-dealkylation sites (N-methyl/N-ethyl adjacent to an activating group) is 1. The molecule has 0 amide bonds. The van der Waals surface area contributed by atoms with E-state index in [-0.39, 0.29) is 0 Å². The second-order valence-electron chi connectivity index (χ2n) is 5.30. The fourth-order valence-corrected chi connectivity index (χ4v) is 2.59. The maximum atomic E-state index is 5.81. The van der Waals surface area contributed by atoms with E-state index in [0.717, 1.165) is 25.3 Å². The van der Waals surface area contributed by atoms with Crippen molar-refractivity contribution in [2.45, 2.75) is 32.5 Å². The first-order valence-electron chi connectivity index (χ1n) is 6.35. The lowest BCUT2D eigenvalue weighted by Gasteiger charge is -2.42. The first kappa shape index (κ1) is 12.4. The normalized spacial score (nSPS) is 27.2. The van der Waals surface area contributed by atoms with Crippen molar-refractivity contribution in [3.8, 4) is 0 Å². The summed E-state index contributed by atoms with van der Waals surface area (Å²) in [5.74, 6) is 0. The summed E-state index contributed by atoms with van der Waals surface area (Å²) in [6, 6.07) is 9.46. The first-order chi connectivity index (χ1) is 8.06. The van der Waals surface area contributed by atoms with Crippen LogP contribution in [0.4, 0.5) is 5.69 Å². The van der Waals surface area contributed by atoms with Crippen LogP contribution in [0.5, 0.6) is 0 Å². The minimum absolute atomic E-state index is 0.625. The summed E-state index contributed by atoms with van der Waals surface area (Å²) in [7, 11) is 2.22. The van der Waals surface area contributed by atoms with Gasteiger partial charge in [-0.05, 0) is 38.6 Å². The molecule has 1 saturated heterocycles. The van der Waals surface area contributed by atoms with E-state index in [4.69, 9.17) is 5.73 Å². The molecule has 0 radical (unpaired) electrons. The topological polar surface area (TPSA) is 32.5 Å². The van der Waals surface area contributed by atoms with Gasteiger partial charge in [0.2, 0.25) is 0 Å². The molecule has 2 atom stereocenters. The Labute approximate surface area is 104 Å². The van der Waals surface area contributed by atoms with Crippen LogP contribution in [0.1, 0.15) is 19.4 Å². The summed E-state index contributed by atoms with van der Waals surface area (Å²) >= 11 is 0. The first-order valence-corrected chi connectivity index (χ1v) is 6.35. The molecule has 1 fully saturated rings.